The summed E-state index contributed by atoms with van der Waals surface area (Å²) in [5.41, 5.74) is 1.18. The Morgan fingerprint density at radius 1 is 1.16 bits per heavy atom. The van der Waals surface area contributed by atoms with Crippen molar-refractivity contribution < 1.29 is 14.3 Å². The first-order chi connectivity index (χ1) is 12.0. The normalized spacial score (nSPS) is 14.1. The standard InChI is InChI=1S/C18H21N3O4/c1-20-17(22)5-4-16(19-20)18(23)21-10-13(11-21)6-12-7-14(24-2)9-15(8-12)25-3/h4-5,7-9,13H,6,10-11H2,1-3H3. The quantitative estimate of drug-likeness (QED) is 0.813. The maximum absolute atomic E-state index is 12.4. The van der Waals surface area contributed by atoms with Gasteiger partial charge in [-0.1, -0.05) is 0 Å². The van der Waals surface area contributed by atoms with Gasteiger partial charge in [0.2, 0.25) is 0 Å². The van der Waals surface area contributed by atoms with Crippen molar-refractivity contribution in [2.45, 2.75) is 6.42 Å². The molecule has 0 spiro atoms. The van der Waals surface area contributed by atoms with Gasteiger partial charge in [0, 0.05) is 32.3 Å². The van der Waals surface area contributed by atoms with Crippen LogP contribution in [0.25, 0.3) is 0 Å². The number of benzene rings is 1. The van der Waals surface area contributed by atoms with Crippen molar-refractivity contribution in [3.05, 3.63) is 51.9 Å². The molecule has 1 amide bonds. The molecule has 0 N–H and O–H groups in total. The third kappa shape index (κ3) is 3.65. The Kier molecular flexibility index (Phi) is 4.74. The number of hydrogen-bond donors (Lipinski definition) is 0. The van der Waals surface area contributed by atoms with Gasteiger partial charge in [0.1, 0.15) is 17.2 Å². The highest BCUT2D eigenvalue weighted by molar-refractivity contribution is 5.92. The molecule has 0 radical (unpaired) electrons. The Labute approximate surface area is 145 Å². The Balaban J connectivity index is 1.62. The zero-order valence-electron chi connectivity index (χ0n) is 14.6. The molecule has 0 atom stereocenters. The smallest absolute Gasteiger partial charge is 0.274 e. The van der Waals surface area contributed by atoms with Crippen LogP contribution in [0.3, 0.4) is 0 Å². The summed E-state index contributed by atoms with van der Waals surface area (Å²) in [7, 11) is 4.79. The van der Waals surface area contributed by atoms with Gasteiger partial charge in [0.05, 0.1) is 14.2 Å². The SMILES string of the molecule is COc1cc(CC2CN(C(=O)c3ccc(=O)n(C)n3)C2)cc(OC)c1. The van der Waals surface area contributed by atoms with E-state index in [4.69, 9.17) is 9.47 Å². The van der Waals surface area contributed by atoms with Crippen LogP contribution in [0.1, 0.15) is 16.1 Å². The first kappa shape index (κ1) is 17.0. The molecular weight excluding hydrogens is 322 g/mol. The molecule has 1 aromatic carbocycles. The summed E-state index contributed by atoms with van der Waals surface area (Å²) in [6, 6.07) is 8.65. The predicted molar refractivity (Wildman–Crippen MR) is 92.1 cm³/mol. The molecule has 7 heteroatoms. The molecule has 0 saturated carbocycles. The van der Waals surface area contributed by atoms with Gasteiger partial charge in [-0.15, -0.1) is 0 Å². The second-order valence-electron chi connectivity index (χ2n) is 6.18. The molecule has 0 aliphatic carbocycles. The van der Waals surface area contributed by atoms with E-state index in [0.717, 1.165) is 23.5 Å². The number of likely N-dealkylation sites (tertiary alicyclic amines) is 1. The summed E-state index contributed by atoms with van der Waals surface area (Å²) in [5, 5.41) is 4.01. The van der Waals surface area contributed by atoms with Crippen molar-refractivity contribution in [2.24, 2.45) is 13.0 Å². The van der Waals surface area contributed by atoms with E-state index < -0.39 is 0 Å². The molecule has 132 valence electrons. The Bertz CT molecular complexity index is 818. The lowest BCUT2D eigenvalue weighted by atomic mass is 9.91. The largest absolute Gasteiger partial charge is 0.497 e. The highest BCUT2D eigenvalue weighted by Gasteiger charge is 2.32. The van der Waals surface area contributed by atoms with Crippen LogP contribution < -0.4 is 15.0 Å². The second kappa shape index (κ2) is 6.96. The molecule has 25 heavy (non-hydrogen) atoms. The summed E-state index contributed by atoms with van der Waals surface area (Å²) in [4.78, 5) is 25.5. The number of aryl methyl sites for hydroxylation is 1. The van der Waals surface area contributed by atoms with Crippen LogP contribution in [0, 0.1) is 5.92 Å². The minimum Gasteiger partial charge on any atom is -0.497 e. The van der Waals surface area contributed by atoms with E-state index in [1.54, 1.807) is 19.1 Å². The number of methoxy groups -OCH3 is 2. The summed E-state index contributed by atoms with van der Waals surface area (Å²) in [5.74, 6) is 1.76. The molecular formula is C18H21N3O4. The number of amides is 1. The average molecular weight is 343 g/mol. The van der Waals surface area contributed by atoms with E-state index in [-0.39, 0.29) is 11.5 Å². The van der Waals surface area contributed by atoms with Crippen molar-refractivity contribution in [1.82, 2.24) is 14.7 Å². The summed E-state index contributed by atoms with van der Waals surface area (Å²) in [6.45, 7) is 1.34. The third-order valence-corrected chi connectivity index (χ3v) is 4.36. The van der Waals surface area contributed by atoms with Crippen molar-refractivity contribution in [3.8, 4) is 11.5 Å². The fourth-order valence-electron chi connectivity index (χ4n) is 2.96. The van der Waals surface area contributed by atoms with E-state index in [1.807, 2.05) is 18.2 Å². The van der Waals surface area contributed by atoms with Gasteiger partial charge in [-0.25, -0.2) is 4.68 Å². The number of hydrogen-bond acceptors (Lipinski definition) is 5. The van der Waals surface area contributed by atoms with Crippen LogP contribution in [0.2, 0.25) is 0 Å². The molecule has 1 aliphatic heterocycles. The molecule has 1 fully saturated rings. The Morgan fingerprint density at radius 2 is 1.80 bits per heavy atom. The van der Waals surface area contributed by atoms with Gasteiger partial charge in [-0.2, -0.15) is 5.10 Å². The van der Waals surface area contributed by atoms with Crippen LogP contribution in [0.5, 0.6) is 11.5 Å². The minimum absolute atomic E-state index is 0.143. The molecule has 2 heterocycles. The zero-order chi connectivity index (χ0) is 18.0. The number of carbonyl (C=O) groups is 1. The maximum Gasteiger partial charge on any atom is 0.274 e. The number of aromatic nitrogens is 2. The lowest BCUT2D eigenvalue weighted by Gasteiger charge is -2.39. The Morgan fingerprint density at radius 3 is 2.36 bits per heavy atom. The van der Waals surface area contributed by atoms with Gasteiger partial charge in [-0.3, -0.25) is 9.59 Å². The van der Waals surface area contributed by atoms with E-state index in [0.29, 0.717) is 24.7 Å². The highest BCUT2D eigenvalue weighted by atomic mass is 16.5. The van der Waals surface area contributed by atoms with Crippen molar-refractivity contribution in [3.63, 3.8) is 0 Å². The fourth-order valence-corrected chi connectivity index (χ4v) is 2.96. The summed E-state index contributed by atoms with van der Waals surface area (Å²) in [6.07, 6.45) is 0.845. The van der Waals surface area contributed by atoms with Gasteiger partial charge in [0.25, 0.3) is 11.5 Å². The first-order valence-corrected chi connectivity index (χ1v) is 8.05. The number of nitrogens with zero attached hydrogens (tertiary/aromatic N) is 3. The Hall–Kier alpha value is -2.83. The summed E-state index contributed by atoms with van der Waals surface area (Å²) >= 11 is 0. The predicted octanol–water partition coefficient (Wildman–Crippen LogP) is 1.11. The van der Waals surface area contributed by atoms with Crippen LogP contribution in [0.15, 0.2) is 35.1 Å². The van der Waals surface area contributed by atoms with Gasteiger partial charge < -0.3 is 14.4 Å². The molecule has 1 saturated heterocycles. The summed E-state index contributed by atoms with van der Waals surface area (Å²) < 4.78 is 11.7. The lowest BCUT2D eigenvalue weighted by molar-refractivity contribution is 0.0492. The molecule has 0 bridgehead atoms. The van der Waals surface area contributed by atoms with E-state index >= 15 is 0 Å². The zero-order valence-corrected chi connectivity index (χ0v) is 14.6. The van der Waals surface area contributed by atoms with Gasteiger partial charge >= 0.3 is 0 Å². The van der Waals surface area contributed by atoms with E-state index in [9.17, 15) is 9.59 Å². The van der Waals surface area contributed by atoms with Crippen LogP contribution in [0.4, 0.5) is 0 Å². The van der Waals surface area contributed by atoms with E-state index in [1.165, 1.54) is 23.9 Å². The topological polar surface area (TPSA) is 73.7 Å². The second-order valence-corrected chi connectivity index (χ2v) is 6.18. The molecule has 7 nitrogen and oxygen atoms in total. The van der Waals surface area contributed by atoms with Gasteiger partial charge in [0.15, 0.2) is 0 Å². The molecule has 2 aromatic rings. The van der Waals surface area contributed by atoms with Crippen LogP contribution in [-0.4, -0.2) is 47.9 Å². The lowest BCUT2D eigenvalue weighted by Crippen LogP contribution is -2.51. The molecule has 0 unspecified atom stereocenters. The van der Waals surface area contributed by atoms with Crippen LogP contribution in [-0.2, 0) is 13.5 Å². The minimum atomic E-state index is -0.231. The highest BCUT2D eigenvalue weighted by Crippen LogP contribution is 2.27. The van der Waals surface area contributed by atoms with E-state index in [2.05, 4.69) is 5.10 Å². The maximum atomic E-state index is 12.4. The van der Waals surface area contributed by atoms with Crippen molar-refractivity contribution in [1.29, 1.82) is 0 Å². The number of rotatable bonds is 5. The fraction of sp³-hybridized carbons (Fsp3) is 0.389. The van der Waals surface area contributed by atoms with Crippen molar-refractivity contribution in [2.75, 3.05) is 27.3 Å². The third-order valence-electron chi connectivity index (χ3n) is 4.36. The number of ether oxygens (including phenoxy) is 2. The molecule has 1 aliphatic rings. The molecule has 1 aromatic heterocycles. The monoisotopic (exact) mass is 343 g/mol. The van der Waals surface area contributed by atoms with Crippen LogP contribution >= 0.6 is 0 Å². The average Bonchev–Trinajstić information content (AvgIpc) is 2.59. The van der Waals surface area contributed by atoms with Crippen molar-refractivity contribution >= 4 is 5.91 Å². The van der Waals surface area contributed by atoms with Gasteiger partial charge in [-0.05, 0) is 36.1 Å². The first-order valence-electron chi connectivity index (χ1n) is 8.05. The number of carbonyl (C=O) groups excluding carboxylic acids is 1. The molecule has 3 rings (SSSR count).